The van der Waals surface area contributed by atoms with E-state index < -0.39 is 0 Å². The van der Waals surface area contributed by atoms with Crippen LogP contribution in [0, 0.1) is 6.08 Å². The van der Waals surface area contributed by atoms with E-state index in [9.17, 15) is 0 Å². The third kappa shape index (κ3) is 1.22. The lowest BCUT2D eigenvalue weighted by atomic mass is 10.7. The van der Waals surface area contributed by atoms with Gasteiger partial charge in [0, 0.05) is 12.3 Å². The molecule has 0 N–H and O–H groups in total. The van der Waals surface area contributed by atoms with E-state index in [1.54, 1.807) is 6.20 Å². The summed E-state index contributed by atoms with van der Waals surface area (Å²) in [5.74, 6) is 0. The molecule has 0 aliphatic carbocycles. The molecule has 7 heavy (non-hydrogen) atoms. The van der Waals surface area contributed by atoms with Crippen LogP contribution in [0.5, 0.6) is 0 Å². The molecule has 0 fully saturated rings. The summed E-state index contributed by atoms with van der Waals surface area (Å²) in [5.41, 5.74) is 0. The van der Waals surface area contributed by atoms with E-state index >= 15 is 0 Å². The van der Waals surface area contributed by atoms with Gasteiger partial charge in [-0.15, -0.1) is 0 Å². The largest absolute Gasteiger partial charge is 0.470 e. The second kappa shape index (κ2) is 2.18. The van der Waals surface area contributed by atoms with Gasteiger partial charge in [-0.2, -0.15) is 0 Å². The van der Waals surface area contributed by atoms with Crippen molar-refractivity contribution < 1.29 is 4.74 Å². The first kappa shape index (κ1) is 4.12. The maximum Gasteiger partial charge on any atom is 0.108 e. The lowest BCUT2D eigenvalue weighted by Gasteiger charge is -1.78. The summed E-state index contributed by atoms with van der Waals surface area (Å²) >= 11 is 0. The quantitative estimate of drug-likeness (QED) is 0.436. The lowest BCUT2D eigenvalue weighted by Crippen LogP contribution is -1.60. The molecule has 0 aromatic heterocycles. The molecule has 0 aromatic carbocycles. The zero-order chi connectivity index (χ0) is 4.95. The third-order valence-corrected chi connectivity index (χ3v) is 0.511. The predicted molar refractivity (Wildman–Crippen MR) is 26.5 cm³/mol. The molecule has 0 unspecified atom stereocenters. The van der Waals surface area contributed by atoms with Gasteiger partial charge < -0.3 is 4.74 Å². The first-order chi connectivity index (χ1) is 3.50. The molecule has 35 valence electrons. The molecule has 0 aromatic rings. The molecular formula is C5H4NO. The Labute approximate surface area is 41.8 Å². The highest BCUT2D eigenvalue weighted by atomic mass is 16.5. The van der Waals surface area contributed by atoms with Crippen LogP contribution in [0.25, 0.3) is 0 Å². The molecule has 0 atom stereocenters. The molecule has 0 bridgehead atoms. The van der Waals surface area contributed by atoms with Crippen molar-refractivity contribution in [3.8, 4) is 0 Å². The molecule has 1 heterocycles. The fourth-order valence-corrected chi connectivity index (χ4v) is 0.265. The standard InChI is InChI=1S/C5H4NO/c1-2-6-3-5-7-4-1/h2-5H. The zero-order valence-electron chi connectivity index (χ0n) is 3.66. The Balaban J connectivity index is 2.60. The van der Waals surface area contributed by atoms with E-state index in [0.717, 1.165) is 0 Å². The molecule has 2 nitrogen and oxygen atoms in total. The van der Waals surface area contributed by atoms with Crippen molar-refractivity contribution in [2.75, 3.05) is 0 Å². The Morgan fingerprint density at radius 1 is 1.57 bits per heavy atom. The highest BCUT2D eigenvalue weighted by molar-refractivity contribution is 5.66. The van der Waals surface area contributed by atoms with E-state index in [-0.39, 0.29) is 0 Å². The second-order valence-corrected chi connectivity index (χ2v) is 0.984. The maximum absolute atomic E-state index is 4.65. The van der Waals surface area contributed by atoms with Crippen LogP contribution in [0.15, 0.2) is 23.7 Å². The molecule has 0 spiro atoms. The van der Waals surface area contributed by atoms with Gasteiger partial charge in [0.05, 0.1) is 12.5 Å². The van der Waals surface area contributed by atoms with Crippen molar-refractivity contribution in [1.29, 1.82) is 0 Å². The number of hydrogen-bond donors (Lipinski definition) is 0. The van der Waals surface area contributed by atoms with Crippen molar-refractivity contribution in [1.82, 2.24) is 0 Å². The van der Waals surface area contributed by atoms with Crippen LogP contribution < -0.4 is 0 Å². The fraction of sp³-hybridized carbons (Fsp3) is 0. The van der Waals surface area contributed by atoms with Gasteiger partial charge in [-0.3, -0.25) is 4.99 Å². The number of nitrogens with zero attached hydrogens (tertiary/aromatic N) is 1. The minimum absolute atomic E-state index is 1.44. The monoisotopic (exact) mass is 94.0 g/mol. The normalized spacial score (nSPS) is 16.0. The van der Waals surface area contributed by atoms with Crippen LogP contribution in [0.4, 0.5) is 0 Å². The van der Waals surface area contributed by atoms with Crippen molar-refractivity contribution in [2.45, 2.75) is 0 Å². The molecule has 1 aliphatic heterocycles. The maximum atomic E-state index is 4.65. The van der Waals surface area contributed by atoms with Gasteiger partial charge in [0.15, 0.2) is 0 Å². The summed E-state index contributed by atoms with van der Waals surface area (Å²) in [6.07, 6.45) is 8.65. The molecule has 2 heteroatoms. The number of hydrogen-bond acceptors (Lipinski definition) is 2. The molecule has 0 saturated heterocycles. The Morgan fingerprint density at radius 3 is 3.57 bits per heavy atom. The van der Waals surface area contributed by atoms with Gasteiger partial charge in [-0.1, -0.05) is 0 Å². The van der Waals surface area contributed by atoms with Crippen LogP contribution in [-0.4, -0.2) is 6.21 Å². The van der Waals surface area contributed by atoms with Crippen molar-refractivity contribution in [3.05, 3.63) is 24.8 Å². The molecule has 0 saturated carbocycles. The molecule has 1 rings (SSSR count). The summed E-state index contributed by atoms with van der Waals surface area (Å²) in [7, 11) is 0. The number of aliphatic imine (C=N–C) groups is 1. The molecule has 0 amide bonds. The first-order valence-electron chi connectivity index (χ1n) is 1.90. The van der Waals surface area contributed by atoms with Crippen molar-refractivity contribution >= 4 is 6.21 Å². The predicted octanol–water partition coefficient (Wildman–Crippen LogP) is 0.875. The zero-order valence-corrected chi connectivity index (χ0v) is 3.66. The van der Waals surface area contributed by atoms with Gasteiger partial charge in [0.25, 0.3) is 0 Å². The molecule has 1 radical (unpaired) electrons. The molecular weight excluding hydrogens is 90.1 g/mol. The Bertz CT molecular complexity index is 110. The van der Waals surface area contributed by atoms with Crippen LogP contribution in [-0.2, 0) is 4.74 Å². The summed E-state index contributed by atoms with van der Waals surface area (Å²) in [6, 6.07) is 0. The third-order valence-electron chi connectivity index (χ3n) is 0.511. The van der Waals surface area contributed by atoms with Gasteiger partial charge in [0.2, 0.25) is 0 Å². The minimum atomic E-state index is 1.44. The van der Waals surface area contributed by atoms with E-state index in [1.165, 1.54) is 18.7 Å². The van der Waals surface area contributed by atoms with Crippen molar-refractivity contribution in [3.63, 3.8) is 0 Å². The SMILES string of the molecule is [C]1=COC=CN=C1. The second-order valence-electron chi connectivity index (χ2n) is 0.984. The smallest absolute Gasteiger partial charge is 0.108 e. The van der Waals surface area contributed by atoms with Crippen LogP contribution >= 0.6 is 0 Å². The average molecular weight is 94.1 g/mol. The van der Waals surface area contributed by atoms with Gasteiger partial charge in [-0.05, 0) is 0 Å². The van der Waals surface area contributed by atoms with E-state index in [1.807, 2.05) is 0 Å². The number of ether oxygens (including phenoxy) is 1. The lowest BCUT2D eigenvalue weighted by molar-refractivity contribution is 0.402. The Morgan fingerprint density at radius 2 is 2.57 bits per heavy atom. The summed E-state index contributed by atoms with van der Waals surface area (Å²) < 4.78 is 4.65. The molecule has 1 aliphatic rings. The van der Waals surface area contributed by atoms with Gasteiger partial charge in [0.1, 0.15) is 6.26 Å². The van der Waals surface area contributed by atoms with E-state index in [4.69, 9.17) is 0 Å². The van der Waals surface area contributed by atoms with Gasteiger partial charge >= 0.3 is 0 Å². The van der Waals surface area contributed by atoms with Gasteiger partial charge in [-0.25, -0.2) is 0 Å². The van der Waals surface area contributed by atoms with E-state index in [2.05, 4.69) is 15.8 Å². The Kier molecular flexibility index (Phi) is 1.28. The Hall–Kier alpha value is -1.05. The first-order valence-corrected chi connectivity index (χ1v) is 1.90. The summed E-state index contributed by atoms with van der Waals surface area (Å²) in [6.45, 7) is 0. The highest BCUT2D eigenvalue weighted by Crippen LogP contribution is 1.83. The topological polar surface area (TPSA) is 21.6 Å². The summed E-state index contributed by atoms with van der Waals surface area (Å²) in [4.78, 5) is 3.70. The van der Waals surface area contributed by atoms with Crippen LogP contribution in [0.1, 0.15) is 0 Å². The van der Waals surface area contributed by atoms with Crippen LogP contribution in [0.3, 0.4) is 0 Å². The minimum Gasteiger partial charge on any atom is -0.470 e. The van der Waals surface area contributed by atoms with Crippen LogP contribution in [0.2, 0.25) is 0 Å². The van der Waals surface area contributed by atoms with E-state index in [0.29, 0.717) is 0 Å². The number of rotatable bonds is 0. The van der Waals surface area contributed by atoms with Crippen molar-refractivity contribution in [2.24, 2.45) is 4.99 Å². The fourth-order valence-electron chi connectivity index (χ4n) is 0.265. The average Bonchev–Trinajstić information content (AvgIpc) is 1.90. The number of allylic oxidation sites excluding steroid dienone is 1. The summed E-state index contributed by atoms with van der Waals surface area (Å²) in [5, 5.41) is 0. The highest BCUT2D eigenvalue weighted by Gasteiger charge is 1.71.